The molecule has 0 saturated heterocycles. The Morgan fingerprint density at radius 2 is 1.07 bits per heavy atom. The van der Waals surface area contributed by atoms with E-state index in [0.29, 0.717) is 30.3 Å². The summed E-state index contributed by atoms with van der Waals surface area (Å²) in [5.41, 5.74) is 0. The van der Waals surface area contributed by atoms with E-state index in [9.17, 15) is 19.0 Å². The summed E-state index contributed by atoms with van der Waals surface area (Å²) in [6.45, 7) is 3.84. The topological polar surface area (TPSA) is 111 Å². The Morgan fingerprint density at radius 1 is 0.571 bits per heavy atom. The number of carbonyl (C=O) groups excluding carboxylic acids is 2. The van der Waals surface area contributed by atoms with Gasteiger partial charge in [0.1, 0.15) is 19.8 Å². The maximum Gasteiger partial charge on any atom is 0.306 e. The fraction of sp³-hybridized carbons (Fsp3) is 0.609. The quantitative estimate of drug-likeness (QED) is 0.0154. The first-order valence-corrected chi connectivity index (χ1v) is 22.5. The van der Waals surface area contributed by atoms with E-state index in [2.05, 4.69) is 56.4 Å². The van der Waals surface area contributed by atoms with Gasteiger partial charge in [-0.2, -0.15) is 0 Å². The highest BCUT2D eigenvalue weighted by molar-refractivity contribution is 7.45. The highest BCUT2D eigenvalue weighted by atomic mass is 31.2. The molecule has 0 N–H and O–H groups in total. The molecule has 10 heteroatoms. The number of quaternary nitrogens is 1. The predicted molar refractivity (Wildman–Crippen MR) is 231 cm³/mol. The van der Waals surface area contributed by atoms with Crippen LogP contribution in [0.4, 0.5) is 0 Å². The smallest absolute Gasteiger partial charge is 0.306 e. The Kier molecular flexibility index (Phi) is 35.4. The summed E-state index contributed by atoms with van der Waals surface area (Å²) in [6, 6.07) is 0. The summed E-state index contributed by atoms with van der Waals surface area (Å²) in [4.78, 5) is 37.4. The van der Waals surface area contributed by atoms with Crippen LogP contribution in [0.5, 0.6) is 0 Å². The standard InChI is InChI=1S/C46H76NO8P/c1-6-8-10-12-14-16-18-20-21-22-23-24-25-27-28-30-32-34-36-38-45(48)52-42-44(43-54-56(50,51)53-41-40-47(3,4)5)55-46(49)39-37-35-33-31-29-26-19-17-15-13-11-9-7-2/h8-11,13-17,19-21,26,29,31,33,44H,6-7,12,18,22-25,27-28,30,32,34-43H2,1-5H3/b10-8+,11-9+,15-13+,16-14+,19-17+,21-20+,29-26+,33-31+. The van der Waals surface area contributed by atoms with Crippen molar-refractivity contribution in [1.29, 1.82) is 0 Å². The predicted octanol–water partition coefficient (Wildman–Crippen LogP) is 11.2. The van der Waals surface area contributed by atoms with Crippen LogP contribution in [-0.2, 0) is 32.7 Å². The lowest BCUT2D eigenvalue weighted by Crippen LogP contribution is -2.37. The number of nitrogens with zero attached hydrogens (tertiary/aromatic N) is 1. The maximum absolute atomic E-state index is 12.6. The van der Waals surface area contributed by atoms with Gasteiger partial charge in [-0.3, -0.25) is 14.2 Å². The molecular formula is C46H76NO8P. The Morgan fingerprint density at radius 3 is 1.68 bits per heavy atom. The first-order chi connectivity index (χ1) is 27.0. The third-order valence-corrected chi connectivity index (χ3v) is 9.19. The minimum Gasteiger partial charge on any atom is -0.756 e. The molecule has 2 atom stereocenters. The number of phosphoric ester groups is 1. The van der Waals surface area contributed by atoms with Gasteiger partial charge in [0.2, 0.25) is 0 Å². The second-order valence-electron chi connectivity index (χ2n) is 14.7. The molecule has 0 saturated carbocycles. The van der Waals surface area contributed by atoms with Crippen molar-refractivity contribution < 1.29 is 42.1 Å². The molecule has 0 aliphatic rings. The van der Waals surface area contributed by atoms with Crippen LogP contribution < -0.4 is 4.89 Å². The molecule has 0 aromatic rings. The number of ether oxygens (including phenoxy) is 2. The summed E-state index contributed by atoms with van der Waals surface area (Å²) >= 11 is 0. The van der Waals surface area contributed by atoms with Gasteiger partial charge in [0.05, 0.1) is 27.7 Å². The zero-order valence-electron chi connectivity index (χ0n) is 35.5. The van der Waals surface area contributed by atoms with Crippen LogP contribution in [0.2, 0.25) is 0 Å². The van der Waals surface area contributed by atoms with Gasteiger partial charge in [0, 0.05) is 12.8 Å². The number of hydrogen-bond donors (Lipinski definition) is 0. The molecular weight excluding hydrogens is 725 g/mol. The molecule has 0 aromatic carbocycles. The number of rotatable bonds is 36. The highest BCUT2D eigenvalue weighted by Gasteiger charge is 2.21. The van der Waals surface area contributed by atoms with Crippen LogP contribution in [0, 0.1) is 0 Å². The monoisotopic (exact) mass is 802 g/mol. The van der Waals surface area contributed by atoms with Crippen molar-refractivity contribution >= 4 is 19.8 Å². The van der Waals surface area contributed by atoms with Crippen LogP contribution in [0.1, 0.15) is 129 Å². The summed E-state index contributed by atoms with van der Waals surface area (Å²) in [5, 5.41) is 0. The molecule has 0 heterocycles. The van der Waals surface area contributed by atoms with Gasteiger partial charge in [0.25, 0.3) is 7.82 Å². The SMILES string of the molecule is CC/C=C/C=C/C=C/C=C/C=C/CCCC(=O)OC(COC(=O)CCCCCCCCCCC/C=C/C/C=C/C/C=C/CC)COP(=O)([O-])OCC[N+](C)(C)C. The lowest BCUT2D eigenvalue weighted by atomic mass is 10.1. The van der Waals surface area contributed by atoms with E-state index in [1.54, 1.807) is 0 Å². The first kappa shape index (κ1) is 52.9. The highest BCUT2D eigenvalue weighted by Crippen LogP contribution is 2.38. The molecule has 56 heavy (non-hydrogen) atoms. The van der Waals surface area contributed by atoms with Gasteiger partial charge >= 0.3 is 11.9 Å². The van der Waals surface area contributed by atoms with Crippen molar-refractivity contribution in [1.82, 2.24) is 0 Å². The fourth-order valence-electron chi connectivity index (χ4n) is 4.99. The molecule has 0 radical (unpaired) electrons. The average molecular weight is 802 g/mol. The first-order valence-electron chi connectivity index (χ1n) is 21.0. The number of allylic oxidation sites excluding steroid dienone is 16. The molecule has 0 aliphatic carbocycles. The molecule has 0 bridgehead atoms. The largest absolute Gasteiger partial charge is 0.756 e. The Bertz CT molecular complexity index is 1270. The number of unbranched alkanes of at least 4 members (excludes halogenated alkanes) is 10. The van der Waals surface area contributed by atoms with E-state index in [1.807, 2.05) is 75.8 Å². The van der Waals surface area contributed by atoms with Gasteiger partial charge in [-0.1, -0.05) is 156 Å². The maximum atomic E-state index is 12.6. The van der Waals surface area contributed by atoms with Gasteiger partial charge in [-0.25, -0.2) is 0 Å². The molecule has 9 nitrogen and oxygen atoms in total. The van der Waals surface area contributed by atoms with Crippen LogP contribution in [0.3, 0.4) is 0 Å². The van der Waals surface area contributed by atoms with Crippen LogP contribution in [0.25, 0.3) is 0 Å². The summed E-state index contributed by atoms with van der Waals surface area (Å²) in [6.07, 6.45) is 48.8. The molecule has 0 aliphatic heterocycles. The van der Waals surface area contributed by atoms with E-state index in [4.69, 9.17) is 18.5 Å². The normalized spacial score (nSPS) is 14.6. The van der Waals surface area contributed by atoms with Crippen molar-refractivity contribution in [3.05, 3.63) is 97.2 Å². The van der Waals surface area contributed by atoms with Crippen molar-refractivity contribution in [2.45, 2.75) is 136 Å². The van der Waals surface area contributed by atoms with Gasteiger partial charge in [0.15, 0.2) is 6.10 Å². The van der Waals surface area contributed by atoms with E-state index < -0.39 is 32.5 Å². The zero-order chi connectivity index (χ0) is 41.4. The number of likely N-dealkylation sites (N-methyl/N-ethyl adjacent to an activating group) is 1. The van der Waals surface area contributed by atoms with Crippen LogP contribution >= 0.6 is 7.82 Å². The fourth-order valence-corrected chi connectivity index (χ4v) is 5.72. The third-order valence-electron chi connectivity index (χ3n) is 8.23. The van der Waals surface area contributed by atoms with E-state index in [-0.39, 0.29) is 26.1 Å². The van der Waals surface area contributed by atoms with Gasteiger partial charge < -0.3 is 27.9 Å². The summed E-state index contributed by atoms with van der Waals surface area (Å²) < 4.78 is 33.7. The van der Waals surface area contributed by atoms with E-state index in [1.165, 1.54) is 32.1 Å². The number of esters is 2. The van der Waals surface area contributed by atoms with E-state index in [0.717, 1.165) is 51.4 Å². The van der Waals surface area contributed by atoms with Crippen molar-refractivity contribution in [2.75, 3.05) is 47.5 Å². The third kappa shape index (κ3) is 40.6. The van der Waals surface area contributed by atoms with Gasteiger partial charge in [-0.15, -0.1) is 0 Å². The Balaban J connectivity index is 4.46. The van der Waals surface area contributed by atoms with E-state index >= 15 is 0 Å². The van der Waals surface area contributed by atoms with Crippen molar-refractivity contribution in [3.8, 4) is 0 Å². The van der Waals surface area contributed by atoms with Crippen molar-refractivity contribution in [3.63, 3.8) is 0 Å². The Labute approximate surface area is 341 Å². The Hall–Kier alpha value is -3.07. The molecule has 0 fully saturated rings. The van der Waals surface area contributed by atoms with Crippen LogP contribution in [-0.4, -0.2) is 70.0 Å². The second-order valence-corrected chi connectivity index (χ2v) is 16.1. The summed E-state index contributed by atoms with van der Waals surface area (Å²) in [5.74, 6) is -0.939. The number of carbonyl (C=O) groups is 2. The number of phosphoric acid groups is 1. The number of hydrogen-bond acceptors (Lipinski definition) is 8. The lowest BCUT2D eigenvalue weighted by molar-refractivity contribution is -0.870. The molecule has 0 amide bonds. The molecule has 0 aromatic heterocycles. The van der Waals surface area contributed by atoms with Crippen molar-refractivity contribution in [2.24, 2.45) is 0 Å². The molecule has 0 rings (SSSR count). The minimum absolute atomic E-state index is 0.0509. The molecule has 2 unspecified atom stereocenters. The molecule has 318 valence electrons. The van der Waals surface area contributed by atoms with Gasteiger partial charge in [-0.05, 0) is 57.8 Å². The second kappa shape index (κ2) is 37.5. The molecule has 0 spiro atoms. The average Bonchev–Trinajstić information content (AvgIpc) is 3.15. The minimum atomic E-state index is -4.65. The zero-order valence-corrected chi connectivity index (χ0v) is 36.4. The summed E-state index contributed by atoms with van der Waals surface area (Å²) in [7, 11) is 1.10. The van der Waals surface area contributed by atoms with Crippen LogP contribution in [0.15, 0.2) is 97.2 Å². The lowest BCUT2D eigenvalue weighted by Gasteiger charge is -2.28.